The van der Waals surface area contributed by atoms with Crippen LogP contribution in [0.15, 0.2) is 18.2 Å². The van der Waals surface area contributed by atoms with Gasteiger partial charge in [0.15, 0.2) is 0 Å². The molecule has 0 spiro atoms. The third-order valence-electron chi connectivity index (χ3n) is 3.17. The minimum Gasteiger partial charge on any atom is -0.488 e. The average molecular weight is 221 g/mol. The van der Waals surface area contributed by atoms with Crippen molar-refractivity contribution in [1.29, 1.82) is 0 Å². The van der Waals surface area contributed by atoms with Crippen molar-refractivity contribution < 1.29 is 14.6 Å². The number of carboxylic acid groups (broad SMARTS) is 1. The van der Waals surface area contributed by atoms with Crippen molar-refractivity contribution in [1.82, 2.24) is 0 Å². The molecule has 1 aliphatic heterocycles. The fourth-order valence-corrected chi connectivity index (χ4v) is 1.94. The van der Waals surface area contributed by atoms with E-state index >= 15 is 0 Å². The number of benzene rings is 1. The molecular weight excluding hydrogens is 206 g/mol. The summed E-state index contributed by atoms with van der Waals surface area (Å²) in [5.74, 6) is 1.00. The highest BCUT2D eigenvalue weighted by atomic mass is 16.5. The molecule has 0 fully saturated rings. The molecule has 1 aromatic rings. The van der Waals surface area contributed by atoms with Gasteiger partial charge in [-0.15, -0.1) is 0 Å². The molecule has 1 aliphatic rings. The summed E-state index contributed by atoms with van der Waals surface area (Å²) in [6.07, 6.45) is -0.887. The maximum absolute atomic E-state index is 10.9. The monoisotopic (exact) mass is 221 g/mol. The Morgan fingerprint density at radius 1 is 1.44 bits per heavy atom. The van der Waals surface area contributed by atoms with Gasteiger partial charge in [-0.2, -0.15) is 0 Å². The van der Waals surface area contributed by atoms with Crippen LogP contribution in [0.25, 0.3) is 0 Å². The van der Waals surface area contributed by atoms with Gasteiger partial charge >= 0.3 is 6.09 Å². The summed E-state index contributed by atoms with van der Waals surface area (Å²) in [6, 6.07) is 5.62. The summed E-state index contributed by atoms with van der Waals surface area (Å²) < 4.78 is 5.72. The van der Waals surface area contributed by atoms with Crippen molar-refractivity contribution in [2.24, 2.45) is 0 Å². The third kappa shape index (κ3) is 1.50. The molecule has 0 saturated carbocycles. The first kappa shape index (κ1) is 10.8. The molecule has 2 atom stereocenters. The lowest BCUT2D eigenvalue weighted by atomic mass is 9.98. The van der Waals surface area contributed by atoms with E-state index in [1.54, 1.807) is 6.07 Å². The lowest BCUT2D eigenvalue weighted by molar-refractivity contribution is 0.202. The Morgan fingerprint density at radius 2 is 2.12 bits per heavy atom. The van der Waals surface area contributed by atoms with Crippen LogP contribution in [0.5, 0.6) is 5.75 Å². The van der Waals surface area contributed by atoms with E-state index in [0.29, 0.717) is 17.4 Å². The number of fused-ring (bicyclic) bond motifs is 1. The summed E-state index contributed by atoms with van der Waals surface area (Å²) in [4.78, 5) is 12.1. The molecule has 0 bridgehead atoms. The van der Waals surface area contributed by atoms with E-state index in [4.69, 9.17) is 9.84 Å². The summed E-state index contributed by atoms with van der Waals surface area (Å²) in [6.45, 7) is 4.08. The topological polar surface area (TPSA) is 49.8 Å². The van der Waals surface area contributed by atoms with Crippen LogP contribution >= 0.6 is 0 Å². The van der Waals surface area contributed by atoms with Crippen LogP contribution in [0.1, 0.15) is 25.3 Å². The van der Waals surface area contributed by atoms with Crippen molar-refractivity contribution in [2.45, 2.75) is 25.9 Å². The maximum Gasteiger partial charge on any atom is 0.411 e. The van der Waals surface area contributed by atoms with Crippen LogP contribution in [0.3, 0.4) is 0 Å². The van der Waals surface area contributed by atoms with E-state index in [0.717, 1.165) is 5.56 Å². The molecular formula is C12H15NO3. The van der Waals surface area contributed by atoms with Crippen LogP contribution < -0.4 is 9.64 Å². The first-order valence-corrected chi connectivity index (χ1v) is 5.28. The van der Waals surface area contributed by atoms with E-state index < -0.39 is 6.09 Å². The minimum atomic E-state index is -0.982. The third-order valence-corrected chi connectivity index (χ3v) is 3.17. The van der Waals surface area contributed by atoms with Gasteiger partial charge in [-0.3, -0.25) is 4.90 Å². The van der Waals surface area contributed by atoms with E-state index in [1.807, 2.05) is 19.1 Å². The van der Waals surface area contributed by atoms with E-state index in [2.05, 4.69) is 6.92 Å². The van der Waals surface area contributed by atoms with E-state index in [9.17, 15) is 4.79 Å². The van der Waals surface area contributed by atoms with Crippen LogP contribution in [-0.4, -0.2) is 24.4 Å². The van der Waals surface area contributed by atoms with Crippen LogP contribution in [0, 0.1) is 0 Å². The molecule has 0 radical (unpaired) electrons. The zero-order chi connectivity index (χ0) is 11.9. The lowest BCUT2D eigenvalue weighted by Gasteiger charge is -2.16. The van der Waals surface area contributed by atoms with E-state index in [-0.39, 0.29) is 6.10 Å². The molecule has 1 N–H and O–H groups in total. The van der Waals surface area contributed by atoms with Crippen molar-refractivity contribution in [3.8, 4) is 5.75 Å². The van der Waals surface area contributed by atoms with Crippen molar-refractivity contribution >= 4 is 11.8 Å². The Labute approximate surface area is 94.4 Å². The molecule has 0 aromatic heterocycles. The minimum absolute atomic E-state index is 0.0957. The summed E-state index contributed by atoms with van der Waals surface area (Å²) >= 11 is 0. The molecule has 2 rings (SSSR count). The predicted molar refractivity (Wildman–Crippen MR) is 61.4 cm³/mol. The predicted octanol–water partition coefficient (Wildman–Crippen LogP) is 2.69. The fourth-order valence-electron chi connectivity index (χ4n) is 1.94. The second kappa shape index (κ2) is 3.70. The van der Waals surface area contributed by atoms with Gasteiger partial charge < -0.3 is 9.84 Å². The molecule has 1 aromatic carbocycles. The molecule has 1 amide bonds. The molecule has 1 heterocycles. The number of hydrogen-bond donors (Lipinski definition) is 1. The number of carbonyl (C=O) groups is 1. The Morgan fingerprint density at radius 3 is 2.75 bits per heavy atom. The largest absolute Gasteiger partial charge is 0.488 e. The van der Waals surface area contributed by atoms with Gasteiger partial charge in [0.05, 0.1) is 5.69 Å². The summed E-state index contributed by atoms with van der Waals surface area (Å²) in [7, 11) is 1.52. The first-order chi connectivity index (χ1) is 7.52. The number of nitrogens with zero attached hydrogens (tertiary/aromatic N) is 1. The van der Waals surface area contributed by atoms with Crippen LogP contribution in [0.2, 0.25) is 0 Å². The van der Waals surface area contributed by atoms with Gasteiger partial charge in [0.2, 0.25) is 0 Å². The zero-order valence-electron chi connectivity index (χ0n) is 9.60. The van der Waals surface area contributed by atoms with E-state index in [1.165, 1.54) is 11.9 Å². The van der Waals surface area contributed by atoms with Gasteiger partial charge in [-0.05, 0) is 13.0 Å². The van der Waals surface area contributed by atoms with Crippen molar-refractivity contribution in [3.63, 3.8) is 0 Å². The molecule has 86 valence electrons. The van der Waals surface area contributed by atoms with Crippen molar-refractivity contribution in [2.75, 3.05) is 11.9 Å². The van der Waals surface area contributed by atoms with Gasteiger partial charge in [0, 0.05) is 18.5 Å². The number of amides is 1. The second-order valence-electron chi connectivity index (χ2n) is 4.15. The molecule has 4 heteroatoms. The molecule has 16 heavy (non-hydrogen) atoms. The number of hydrogen-bond acceptors (Lipinski definition) is 2. The molecule has 2 unspecified atom stereocenters. The molecule has 0 aliphatic carbocycles. The number of rotatable bonds is 1. The van der Waals surface area contributed by atoms with Gasteiger partial charge in [-0.1, -0.05) is 19.1 Å². The Balaban J connectivity index is 2.48. The second-order valence-corrected chi connectivity index (χ2v) is 4.15. The highest BCUT2D eigenvalue weighted by Crippen LogP contribution is 2.43. The quantitative estimate of drug-likeness (QED) is 0.793. The van der Waals surface area contributed by atoms with Gasteiger partial charge in [0.1, 0.15) is 11.9 Å². The number of para-hydroxylation sites is 1. The zero-order valence-corrected chi connectivity index (χ0v) is 9.60. The molecule has 4 nitrogen and oxygen atoms in total. The average Bonchev–Trinajstić information content (AvgIpc) is 2.54. The van der Waals surface area contributed by atoms with Crippen molar-refractivity contribution in [3.05, 3.63) is 23.8 Å². The standard InChI is InChI=1S/C12H15NO3/c1-7-8(2)16-11-9(7)5-4-6-10(11)13(3)12(14)15/h4-8H,1-3H3,(H,14,15). The number of ether oxygens (including phenoxy) is 1. The Kier molecular flexibility index (Phi) is 2.50. The number of anilines is 1. The smallest absolute Gasteiger partial charge is 0.411 e. The molecule has 0 saturated heterocycles. The highest BCUT2D eigenvalue weighted by Gasteiger charge is 2.31. The van der Waals surface area contributed by atoms with Crippen LogP contribution in [-0.2, 0) is 0 Å². The van der Waals surface area contributed by atoms with Gasteiger partial charge in [-0.25, -0.2) is 4.79 Å². The normalized spacial score (nSPS) is 22.4. The first-order valence-electron chi connectivity index (χ1n) is 5.28. The Bertz CT molecular complexity index is 430. The van der Waals surface area contributed by atoms with Crippen LogP contribution in [0.4, 0.5) is 10.5 Å². The lowest BCUT2D eigenvalue weighted by Crippen LogP contribution is -2.24. The SMILES string of the molecule is CC1Oc2c(cccc2N(C)C(=O)O)C1C. The maximum atomic E-state index is 10.9. The highest BCUT2D eigenvalue weighted by molar-refractivity contribution is 5.88. The summed E-state index contributed by atoms with van der Waals surface area (Å²) in [5.41, 5.74) is 1.69. The Hall–Kier alpha value is -1.71. The van der Waals surface area contributed by atoms with Gasteiger partial charge in [0.25, 0.3) is 0 Å². The summed E-state index contributed by atoms with van der Waals surface area (Å²) in [5, 5.41) is 8.97. The fraction of sp³-hybridized carbons (Fsp3) is 0.417.